The Bertz CT molecular complexity index is 1070. The van der Waals surface area contributed by atoms with E-state index < -0.39 is 11.6 Å². The first-order valence-corrected chi connectivity index (χ1v) is 9.91. The minimum atomic E-state index is -0.905. The number of benzene rings is 2. The molecule has 3 heterocycles. The molecule has 3 aromatic rings. The van der Waals surface area contributed by atoms with Crippen molar-refractivity contribution in [2.24, 2.45) is 5.10 Å². The topological polar surface area (TPSA) is 56.8 Å². The Morgan fingerprint density at radius 3 is 2.63 bits per heavy atom. The molecule has 0 amide bonds. The molecule has 0 atom stereocenters. The van der Waals surface area contributed by atoms with Gasteiger partial charge < -0.3 is 14.6 Å². The number of aromatic nitrogens is 2. The summed E-state index contributed by atoms with van der Waals surface area (Å²) in [5, 5.41) is 6.37. The average Bonchev–Trinajstić information content (AvgIpc) is 3.20. The smallest absolute Gasteiger partial charge is 0.169 e. The second-order valence-corrected chi connectivity index (χ2v) is 7.38. The van der Waals surface area contributed by atoms with E-state index in [1.807, 2.05) is 5.01 Å². The van der Waals surface area contributed by atoms with Gasteiger partial charge in [-0.3, -0.25) is 5.01 Å². The summed E-state index contributed by atoms with van der Waals surface area (Å²) in [6.07, 6.45) is 1.68. The predicted octanol–water partition coefficient (Wildman–Crippen LogP) is 3.54. The van der Waals surface area contributed by atoms with Crippen molar-refractivity contribution in [3.63, 3.8) is 0 Å². The lowest BCUT2D eigenvalue weighted by Crippen LogP contribution is -2.36. The van der Waals surface area contributed by atoms with E-state index in [-0.39, 0.29) is 5.56 Å². The number of anilines is 1. The van der Waals surface area contributed by atoms with E-state index in [0.717, 1.165) is 43.6 Å². The van der Waals surface area contributed by atoms with Gasteiger partial charge in [0.1, 0.15) is 5.82 Å². The molecule has 1 fully saturated rings. The molecule has 0 saturated carbocycles. The molecular formula is C22H21F2N5O. The number of nitrogens with one attached hydrogen (secondary N) is 1. The van der Waals surface area contributed by atoms with E-state index in [0.29, 0.717) is 24.6 Å². The number of ether oxygens (including phenoxy) is 1. The largest absolute Gasteiger partial charge is 0.378 e. The molecule has 2 aliphatic rings. The van der Waals surface area contributed by atoms with Crippen LogP contribution in [0, 0.1) is 11.6 Å². The number of rotatable bonds is 4. The minimum absolute atomic E-state index is 0.114. The molecule has 0 aliphatic carbocycles. The van der Waals surface area contributed by atoms with Gasteiger partial charge in [-0.2, -0.15) is 5.10 Å². The molecular weight excluding hydrogens is 388 g/mol. The van der Waals surface area contributed by atoms with Gasteiger partial charge in [-0.25, -0.2) is 13.8 Å². The van der Waals surface area contributed by atoms with Gasteiger partial charge in [-0.15, -0.1) is 0 Å². The van der Waals surface area contributed by atoms with E-state index in [9.17, 15) is 8.78 Å². The quantitative estimate of drug-likeness (QED) is 0.716. The van der Waals surface area contributed by atoms with Gasteiger partial charge in [0.15, 0.2) is 11.6 Å². The van der Waals surface area contributed by atoms with Crippen molar-refractivity contribution < 1.29 is 13.5 Å². The molecule has 0 radical (unpaired) electrons. The number of hydrazone groups is 1. The SMILES string of the molecule is Fc1cccc(-c2nc3c([nH]2)C=NN(Cc2ccc(N4CCOCC4)cc2)C3)c1F. The molecule has 2 aliphatic heterocycles. The Labute approximate surface area is 172 Å². The van der Waals surface area contributed by atoms with Crippen molar-refractivity contribution in [2.75, 3.05) is 31.2 Å². The van der Waals surface area contributed by atoms with Gasteiger partial charge in [-0.1, -0.05) is 18.2 Å². The van der Waals surface area contributed by atoms with Crippen LogP contribution in [0.15, 0.2) is 47.6 Å². The van der Waals surface area contributed by atoms with Crippen LogP contribution in [0.25, 0.3) is 11.4 Å². The lowest BCUT2D eigenvalue weighted by atomic mass is 10.1. The summed E-state index contributed by atoms with van der Waals surface area (Å²) in [4.78, 5) is 9.83. The summed E-state index contributed by atoms with van der Waals surface area (Å²) in [5.41, 5.74) is 3.92. The second kappa shape index (κ2) is 7.87. The number of morpholine rings is 1. The van der Waals surface area contributed by atoms with Crippen LogP contribution in [0.5, 0.6) is 0 Å². The van der Waals surface area contributed by atoms with Gasteiger partial charge in [0, 0.05) is 18.8 Å². The lowest BCUT2D eigenvalue weighted by Gasteiger charge is -2.29. The number of fused-ring (bicyclic) bond motifs is 1. The van der Waals surface area contributed by atoms with Crippen molar-refractivity contribution in [3.05, 3.63) is 71.1 Å². The van der Waals surface area contributed by atoms with E-state index in [1.165, 1.54) is 17.8 Å². The van der Waals surface area contributed by atoms with Gasteiger partial charge in [0.25, 0.3) is 0 Å². The summed E-state index contributed by atoms with van der Waals surface area (Å²) in [5.74, 6) is -1.49. The first-order valence-electron chi connectivity index (χ1n) is 9.91. The highest BCUT2D eigenvalue weighted by molar-refractivity contribution is 5.80. The van der Waals surface area contributed by atoms with Crippen molar-refractivity contribution in [3.8, 4) is 11.4 Å². The highest BCUT2D eigenvalue weighted by Crippen LogP contribution is 2.25. The summed E-state index contributed by atoms with van der Waals surface area (Å²) < 4.78 is 33.0. The van der Waals surface area contributed by atoms with E-state index in [1.54, 1.807) is 6.21 Å². The highest BCUT2D eigenvalue weighted by atomic mass is 19.2. The zero-order valence-electron chi connectivity index (χ0n) is 16.3. The second-order valence-electron chi connectivity index (χ2n) is 7.38. The molecule has 1 N–H and O–H groups in total. The fourth-order valence-corrected chi connectivity index (χ4v) is 3.76. The summed E-state index contributed by atoms with van der Waals surface area (Å²) >= 11 is 0. The van der Waals surface area contributed by atoms with Crippen molar-refractivity contribution in [1.82, 2.24) is 15.0 Å². The first kappa shape index (κ1) is 18.7. The third-order valence-electron chi connectivity index (χ3n) is 5.38. The summed E-state index contributed by atoms with van der Waals surface area (Å²) in [7, 11) is 0. The van der Waals surface area contributed by atoms with Crippen LogP contribution >= 0.6 is 0 Å². The Morgan fingerprint density at radius 1 is 1.03 bits per heavy atom. The number of H-pyrrole nitrogens is 1. The molecule has 1 saturated heterocycles. The number of imidazole rings is 1. The molecule has 8 heteroatoms. The fourth-order valence-electron chi connectivity index (χ4n) is 3.76. The third-order valence-corrected chi connectivity index (χ3v) is 5.38. The van der Waals surface area contributed by atoms with Crippen molar-refractivity contribution in [2.45, 2.75) is 13.1 Å². The maximum Gasteiger partial charge on any atom is 0.169 e. The number of hydrogen-bond acceptors (Lipinski definition) is 5. The summed E-state index contributed by atoms with van der Waals surface area (Å²) in [6, 6.07) is 12.5. The fraction of sp³-hybridized carbons (Fsp3) is 0.273. The van der Waals surface area contributed by atoms with Crippen molar-refractivity contribution in [1.29, 1.82) is 0 Å². The molecule has 30 heavy (non-hydrogen) atoms. The molecule has 0 unspecified atom stereocenters. The number of halogens is 2. The normalized spacial score (nSPS) is 16.1. The zero-order valence-corrected chi connectivity index (χ0v) is 16.3. The maximum absolute atomic E-state index is 14.1. The van der Waals surface area contributed by atoms with E-state index in [2.05, 4.69) is 44.2 Å². The van der Waals surface area contributed by atoms with Gasteiger partial charge in [0.2, 0.25) is 0 Å². The predicted molar refractivity (Wildman–Crippen MR) is 110 cm³/mol. The molecule has 0 bridgehead atoms. The van der Waals surface area contributed by atoms with Crippen LogP contribution in [0.4, 0.5) is 14.5 Å². The van der Waals surface area contributed by atoms with Crippen LogP contribution < -0.4 is 4.90 Å². The molecule has 6 nitrogen and oxygen atoms in total. The molecule has 2 aromatic carbocycles. The first-order chi connectivity index (χ1) is 14.7. The van der Waals surface area contributed by atoms with Crippen molar-refractivity contribution >= 4 is 11.9 Å². The van der Waals surface area contributed by atoms with Gasteiger partial charge in [0.05, 0.1) is 49.5 Å². The number of aromatic amines is 1. The summed E-state index contributed by atoms with van der Waals surface area (Å²) in [6.45, 7) is 4.47. The third kappa shape index (κ3) is 3.66. The monoisotopic (exact) mass is 409 g/mol. The maximum atomic E-state index is 14.1. The molecule has 0 spiro atoms. The molecule has 1 aromatic heterocycles. The highest BCUT2D eigenvalue weighted by Gasteiger charge is 2.20. The Kier molecular flexibility index (Phi) is 4.92. The Balaban J connectivity index is 1.28. The van der Waals surface area contributed by atoms with Crippen LogP contribution in [0.2, 0.25) is 0 Å². The van der Waals surface area contributed by atoms with E-state index >= 15 is 0 Å². The Morgan fingerprint density at radius 2 is 1.83 bits per heavy atom. The van der Waals surface area contributed by atoms with Gasteiger partial charge in [-0.05, 0) is 29.8 Å². The number of nitrogens with zero attached hydrogens (tertiary/aromatic N) is 4. The lowest BCUT2D eigenvalue weighted by molar-refractivity contribution is 0.122. The average molecular weight is 409 g/mol. The van der Waals surface area contributed by atoms with Gasteiger partial charge >= 0.3 is 0 Å². The van der Waals surface area contributed by atoms with Crippen LogP contribution in [-0.4, -0.2) is 47.5 Å². The standard InChI is InChI=1S/C22H21F2N5O/c23-18-3-1-2-17(21(18)24)22-26-19-12-25-29(14-20(19)27-22)13-15-4-6-16(7-5-15)28-8-10-30-11-9-28/h1-7,12H,8-11,13-14H2,(H,26,27). The molecule has 154 valence electrons. The number of hydrogen-bond donors (Lipinski definition) is 1. The Hall–Kier alpha value is -3.26. The minimum Gasteiger partial charge on any atom is -0.378 e. The zero-order chi connectivity index (χ0) is 20.5. The van der Waals surface area contributed by atoms with Crippen LogP contribution in [-0.2, 0) is 17.8 Å². The molecule has 5 rings (SSSR count). The van der Waals surface area contributed by atoms with E-state index in [4.69, 9.17) is 4.74 Å². The van der Waals surface area contributed by atoms with Crippen LogP contribution in [0.1, 0.15) is 17.0 Å². The van der Waals surface area contributed by atoms with Crippen LogP contribution in [0.3, 0.4) is 0 Å².